The highest BCUT2D eigenvalue weighted by molar-refractivity contribution is 7.89. The largest absolute Gasteiger partial charge is 0.215 e. The number of rotatable bonds is 7. The van der Waals surface area contributed by atoms with Crippen LogP contribution in [0.4, 0.5) is 0 Å². The average molecular weight is 361 g/mol. The molecule has 1 N–H and O–H groups in total. The molecule has 1 aromatic carbocycles. The third-order valence-electron chi connectivity index (χ3n) is 3.84. The molecule has 1 fully saturated rings. The van der Waals surface area contributed by atoms with Crippen LogP contribution in [0.1, 0.15) is 31.2 Å². The van der Waals surface area contributed by atoms with Gasteiger partial charge in [-0.3, -0.25) is 0 Å². The summed E-state index contributed by atoms with van der Waals surface area (Å²) in [5.74, 6) is -0.335. The number of benzene rings is 1. The van der Waals surface area contributed by atoms with Crippen LogP contribution < -0.4 is 4.72 Å². The van der Waals surface area contributed by atoms with Gasteiger partial charge in [0.25, 0.3) is 0 Å². The fourth-order valence-corrected chi connectivity index (χ4v) is 5.33. The molecule has 23 heavy (non-hydrogen) atoms. The van der Waals surface area contributed by atoms with Gasteiger partial charge in [0.1, 0.15) is 0 Å². The molecule has 0 unspecified atom stereocenters. The number of hydrogen-bond donors (Lipinski definition) is 1. The lowest BCUT2D eigenvalue weighted by atomic mass is 10.2. The van der Waals surface area contributed by atoms with Crippen molar-refractivity contribution in [3.8, 4) is 0 Å². The van der Waals surface area contributed by atoms with Crippen molar-refractivity contribution >= 4 is 20.0 Å². The van der Waals surface area contributed by atoms with Crippen LogP contribution in [0.3, 0.4) is 0 Å². The van der Waals surface area contributed by atoms with Crippen LogP contribution in [-0.4, -0.2) is 46.5 Å². The van der Waals surface area contributed by atoms with Crippen molar-refractivity contribution in [2.24, 2.45) is 0 Å². The zero-order valence-corrected chi connectivity index (χ0v) is 14.8. The topological polar surface area (TPSA) is 83.5 Å². The molecule has 1 aromatic rings. The van der Waals surface area contributed by atoms with Crippen LogP contribution in [0.25, 0.3) is 0 Å². The summed E-state index contributed by atoms with van der Waals surface area (Å²) in [5, 5.41) is 0. The molecule has 1 saturated heterocycles. The van der Waals surface area contributed by atoms with Crippen molar-refractivity contribution in [3.63, 3.8) is 0 Å². The minimum atomic E-state index is -3.53. The number of nitrogens with one attached hydrogen (secondary N) is 1. The molecule has 0 spiro atoms. The highest BCUT2D eigenvalue weighted by atomic mass is 32.2. The van der Waals surface area contributed by atoms with Gasteiger partial charge in [-0.1, -0.05) is 43.2 Å². The number of sulfonamides is 2. The van der Waals surface area contributed by atoms with E-state index in [1.165, 1.54) is 4.31 Å². The molecule has 0 saturated carbocycles. The van der Waals surface area contributed by atoms with Gasteiger partial charge in [0.05, 0.1) is 11.5 Å². The van der Waals surface area contributed by atoms with E-state index in [9.17, 15) is 16.8 Å². The van der Waals surface area contributed by atoms with Crippen molar-refractivity contribution in [2.45, 2.75) is 31.4 Å². The zero-order valence-electron chi connectivity index (χ0n) is 13.1. The predicted molar refractivity (Wildman–Crippen MR) is 90.9 cm³/mol. The van der Waals surface area contributed by atoms with Crippen molar-refractivity contribution in [3.05, 3.63) is 35.9 Å². The molecule has 0 aliphatic carbocycles. The Balaban J connectivity index is 1.85. The summed E-state index contributed by atoms with van der Waals surface area (Å²) < 4.78 is 52.4. The van der Waals surface area contributed by atoms with Gasteiger partial charge in [-0.2, -0.15) is 0 Å². The maximum absolute atomic E-state index is 12.3. The standard InChI is InChI=1S/C15H24N2O4S2/c18-22(19,14-15-8-4-3-5-9-15)16-10-13-23(20,21)17-11-6-1-2-7-12-17/h3-5,8-9,16H,1-2,6-7,10-14H2. The van der Waals surface area contributed by atoms with Crippen LogP contribution in [0, 0.1) is 0 Å². The van der Waals surface area contributed by atoms with Crippen molar-refractivity contribution in [1.29, 1.82) is 0 Å². The Morgan fingerprint density at radius 2 is 1.52 bits per heavy atom. The van der Waals surface area contributed by atoms with Gasteiger partial charge in [0.2, 0.25) is 20.0 Å². The van der Waals surface area contributed by atoms with Crippen LogP contribution in [-0.2, 0) is 25.8 Å². The van der Waals surface area contributed by atoms with Gasteiger partial charge >= 0.3 is 0 Å². The second-order valence-electron chi connectivity index (χ2n) is 5.77. The zero-order chi connectivity index (χ0) is 16.8. The number of hydrogen-bond acceptors (Lipinski definition) is 4. The molecule has 8 heteroatoms. The van der Waals surface area contributed by atoms with Gasteiger partial charge in [0.15, 0.2) is 0 Å². The Labute approximate surface area is 139 Å². The first-order valence-corrected chi connectivity index (χ1v) is 11.1. The molecule has 1 heterocycles. The number of nitrogens with zero attached hydrogens (tertiary/aromatic N) is 1. The molecule has 0 atom stereocenters. The lowest BCUT2D eigenvalue weighted by molar-refractivity contribution is 0.423. The van der Waals surface area contributed by atoms with E-state index in [1.54, 1.807) is 24.3 Å². The minimum Gasteiger partial charge on any atom is -0.214 e. The van der Waals surface area contributed by atoms with E-state index in [1.807, 2.05) is 6.07 Å². The van der Waals surface area contributed by atoms with E-state index in [0.29, 0.717) is 18.7 Å². The highest BCUT2D eigenvalue weighted by Gasteiger charge is 2.23. The van der Waals surface area contributed by atoms with Crippen LogP contribution in [0.5, 0.6) is 0 Å². The molecule has 1 aliphatic rings. The second kappa shape index (κ2) is 8.23. The molecule has 0 bridgehead atoms. The summed E-state index contributed by atoms with van der Waals surface area (Å²) in [6.45, 7) is 0.992. The first kappa shape index (κ1) is 18.4. The Kier molecular flexibility index (Phi) is 6.58. The Morgan fingerprint density at radius 1 is 0.913 bits per heavy atom. The van der Waals surface area contributed by atoms with E-state index in [2.05, 4.69) is 4.72 Å². The normalized spacial score (nSPS) is 17.7. The minimum absolute atomic E-state index is 0.0893. The SMILES string of the molecule is O=S(=O)(Cc1ccccc1)NCCS(=O)(=O)N1CCCCCC1. The molecule has 6 nitrogen and oxygen atoms in total. The van der Waals surface area contributed by atoms with Crippen molar-refractivity contribution in [2.75, 3.05) is 25.4 Å². The van der Waals surface area contributed by atoms with E-state index in [4.69, 9.17) is 0 Å². The average Bonchev–Trinajstić information content (AvgIpc) is 2.77. The lowest BCUT2D eigenvalue weighted by Gasteiger charge is -2.19. The maximum Gasteiger partial charge on any atom is 0.215 e. The summed E-state index contributed by atoms with van der Waals surface area (Å²) in [6.07, 6.45) is 3.85. The van der Waals surface area contributed by atoms with Gasteiger partial charge in [-0.25, -0.2) is 25.9 Å². The smallest absolute Gasteiger partial charge is 0.214 e. The molecule has 0 amide bonds. The molecular formula is C15H24N2O4S2. The lowest BCUT2D eigenvalue weighted by Crippen LogP contribution is -2.38. The van der Waals surface area contributed by atoms with E-state index in [0.717, 1.165) is 25.7 Å². The van der Waals surface area contributed by atoms with Crippen LogP contribution in [0.2, 0.25) is 0 Å². The van der Waals surface area contributed by atoms with Crippen LogP contribution in [0.15, 0.2) is 30.3 Å². The van der Waals surface area contributed by atoms with E-state index < -0.39 is 20.0 Å². The summed E-state index contributed by atoms with van der Waals surface area (Å²) in [6, 6.07) is 8.82. The first-order chi connectivity index (χ1) is 10.9. The van der Waals surface area contributed by atoms with Gasteiger partial charge < -0.3 is 0 Å². The predicted octanol–water partition coefficient (Wildman–Crippen LogP) is 1.31. The molecule has 2 rings (SSSR count). The summed E-state index contributed by atoms with van der Waals surface area (Å²) in [7, 11) is -6.92. The van der Waals surface area contributed by atoms with Crippen molar-refractivity contribution < 1.29 is 16.8 Å². The van der Waals surface area contributed by atoms with E-state index in [-0.39, 0.29) is 18.1 Å². The van der Waals surface area contributed by atoms with Gasteiger partial charge in [-0.05, 0) is 18.4 Å². The molecule has 130 valence electrons. The highest BCUT2D eigenvalue weighted by Crippen LogP contribution is 2.13. The third-order valence-corrected chi connectivity index (χ3v) is 7.07. The Hall–Kier alpha value is -0.960. The first-order valence-electron chi connectivity index (χ1n) is 7.88. The third kappa shape index (κ3) is 6.21. The van der Waals surface area contributed by atoms with Crippen LogP contribution >= 0.6 is 0 Å². The summed E-state index contributed by atoms with van der Waals surface area (Å²) >= 11 is 0. The Morgan fingerprint density at radius 3 is 2.13 bits per heavy atom. The molecule has 1 aliphatic heterocycles. The monoisotopic (exact) mass is 360 g/mol. The fourth-order valence-electron chi connectivity index (χ4n) is 2.62. The maximum atomic E-state index is 12.3. The van der Waals surface area contributed by atoms with E-state index >= 15 is 0 Å². The quantitative estimate of drug-likeness (QED) is 0.795. The molecular weight excluding hydrogens is 336 g/mol. The van der Waals surface area contributed by atoms with Gasteiger partial charge in [-0.15, -0.1) is 0 Å². The Bertz CT molecular complexity index is 679. The summed E-state index contributed by atoms with van der Waals surface area (Å²) in [5.41, 5.74) is 0.676. The fraction of sp³-hybridized carbons (Fsp3) is 0.600. The summed E-state index contributed by atoms with van der Waals surface area (Å²) in [4.78, 5) is 0. The van der Waals surface area contributed by atoms with Crippen molar-refractivity contribution in [1.82, 2.24) is 9.03 Å². The molecule has 0 radical (unpaired) electrons. The second-order valence-corrected chi connectivity index (χ2v) is 9.66. The molecule has 0 aromatic heterocycles. The van der Waals surface area contributed by atoms with Gasteiger partial charge in [0, 0.05) is 19.6 Å².